The van der Waals surface area contributed by atoms with Crippen LogP contribution in [0.3, 0.4) is 0 Å². The maximum atomic E-state index is 12.6. The number of hydrogen-bond acceptors (Lipinski definition) is 4. The molecule has 7 heteroatoms. The Labute approximate surface area is 123 Å². The van der Waals surface area contributed by atoms with E-state index >= 15 is 0 Å². The summed E-state index contributed by atoms with van der Waals surface area (Å²) in [5.74, 6) is 0.265. The molecule has 19 heavy (non-hydrogen) atoms. The van der Waals surface area contributed by atoms with Crippen LogP contribution in [0.5, 0.6) is 0 Å². The summed E-state index contributed by atoms with van der Waals surface area (Å²) < 4.78 is 26.7. The zero-order valence-corrected chi connectivity index (χ0v) is 14.2. The first kappa shape index (κ1) is 18.8. The van der Waals surface area contributed by atoms with Gasteiger partial charge in [-0.2, -0.15) is 4.31 Å². The predicted molar refractivity (Wildman–Crippen MR) is 84.7 cm³/mol. The highest BCUT2D eigenvalue weighted by molar-refractivity contribution is 7.92. The molecule has 0 rings (SSSR count). The van der Waals surface area contributed by atoms with Crippen LogP contribution < -0.4 is 5.73 Å². The second kappa shape index (κ2) is 8.14. The molecule has 114 valence electrons. The molecular weight excluding hydrogens is 282 g/mol. The van der Waals surface area contributed by atoms with Gasteiger partial charge in [-0.1, -0.05) is 33.0 Å². The van der Waals surface area contributed by atoms with Crippen LogP contribution >= 0.6 is 12.2 Å². The molecule has 0 spiro atoms. The molecule has 0 aliphatic rings. The molecule has 0 saturated heterocycles. The Balaban J connectivity index is 5.14. The Morgan fingerprint density at radius 3 is 2.11 bits per heavy atom. The average Bonchev–Trinajstić information content (AvgIpc) is 2.23. The second-order valence-corrected chi connectivity index (χ2v) is 7.99. The lowest BCUT2D eigenvalue weighted by atomic mass is 10.2. The molecule has 0 aliphatic heterocycles. The lowest BCUT2D eigenvalue weighted by molar-refractivity contribution is 0.311. The molecule has 1 atom stereocenters. The van der Waals surface area contributed by atoms with Crippen LogP contribution in [0.2, 0.25) is 0 Å². The quantitative estimate of drug-likeness (QED) is 0.641. The van der Waals surface area contributed by atoms with Gasteiger partial charge in [-0.25, -0.2) is 8.42 Å². The fourth-order valence-electron chi connectivity index (χ4n) is 1.78. The Kier molecular flexibility index (Phi) is 8.03. The summed E-state index contributed by atoms with van der Waals surface area (Å²) in [6, 6.07) is 0. The van der Waals surface area contributed by atoms with Gasteiger partial charge in [-0.3, -0.25) is 0 Å². The number of nitrogens with two attached hydrogens (primary N) is 1. The van der Waals surface area contributed by atoms with E-state index in [0.29, 0.717) is 26.1 Å². The van der Waals surface area contributed by atoms with Crippen molar-refractivity contribution >= 4 is 27.2 Å². The van der Waals surface area contributed by atoms with Gasteiger partial charge in [0.15, 0.2) is 0 Å². The van der Waals surface area contributed by atoms with Crippen LogP contribution in [-0.2, 0) is 10.0 Å². The van der Waals surface area contributed by atoms with Crippen LogP contribution in [0.4, 0.5) is 0 Å². The van der Waals surface area contributed by atoms with E-state index in [9.17, 15) is 8.42 Å². The summed E-state index contributed by atoms with van der Waals surface area (Å²) in [4.78, 5) is 2.02. The van der Waals surface area contributed by atoms with E-state index in [2.05, 4.69) is 0 Å². The summed E-state index contributed by atoms with van der Waals surface area (Å²) in [7, 11) is 0.381. The SMILES string of the molecule is CCC(C(N)=S)S(=O)(=O)N(CCN(C)C)CC(C)C. The van der Waals surface area contributed by atoms with Crippen LogP contribution in [0.1, 0.15) is 27.2 Å². The number of likely N-dealkylation sites (N-methyl/N-ethyl adjacent to an activating group) is 1. The van der Waals surface area contributed by atoms with Crippen LogP contribution in [0.25, 0.3) is 0 Å². The van der Waals surface area contributed by atoms with Gasteiger partial charge in [-0.05, 0) is 26.4 Å². The van der Waals surface area contributed by atoms with Gasteiger partial charge in [0.25, 0.3) is 0 Å². The molecule has 2 N–H and O–H groups in total. The van der Waals surface area contributed by atoms with Crippen molar-refractivity contribution in [3.63, 3.8) is 0 Å². The maximum Gasteiger partial charge on any atom is 0.223 e. The standard InChI is InChI=1S/C12H27N3O2S2/c1-6-11(12(13)18)19(16,17)15(9-10(2)3)8-7-14(4)5/h10-11H,6-9H2,1-5H3,(H2,13,18). The van der Waals surface area contributed by atoms with E-state index in [1.807, 2.05) is 32.8 Å². The van der Waals surface area contributed by atoms with Gasteiger partial charge in [0.1, 0.15) is 5.25 Å². The van der Waals surface area contributed by atoms with Gasteiger partial charge in [0.2, 0.25) is 10.0 Å². The fourth-order valence-corrected chi connectivity index (χ4v) is 4.23. The number of thiocarbonyl (C=S) groups is 1. The maximum absolute atomic E-state index is 12.6. The summed E-state index contributed by atoms with van der Waals surface area (Å²) in [5, 5.41) is -0.761. The topological polar surface area (TPSA) is 66.6 Å². The van der Waals surface area contributed by atoms with E-state index in [4.69, 9.17) is 18.0 Å². The Hall–Kier alpha value is -0.240. The highest BCUT2D eigenvalue weighted by Crippen LogP contribution is 2.15. The zero-order valence-electron chi connectivity index (χ0n) is 12.6. The summed E-state index contributed by atoms with van der Waals surface area (Å²) in [6.45, 7) is 7.43. The molecule has 0 aromatic carbocycles. The van der Waals surface area contributed by atoms with Crippen molar-refractivity contribution in [2.45, 2.75) is 32.4 Å². The van der Waals surface area contributed by atoms with Gasteiger partial charge < -0.3 is 10.6 Å². The lowest BCUT2D eigenvalue weighted by Gasteiger charge is -2.28. The normalized spacial score (nSPS) is 14.3. The first-order valence-corrected chi connectivity index (χ1v) is 8.47. The third kappa shape index (κ3) is 6.16. The van der Waals surface area contributed by atoms with E-state index < -0.39 is 15.3 Å². The Morgan fingerprint density at radius 1 is 1.26 bits per heavy atom. The average molecular weight is 310 g/mol. The molecular formula is C12H27N3O2S2. The third-order valence-corrected chi connectivity index (χ3v) is 5.56. The minimum absolute atomic E-state index is 0.0566. The Bertz CT molecular complexity index is 380. The van der Waals surface area contributed by atoms with Gasteiger partial charge in [-0.15, -0.1) is 0 Å². The van der Waals surface area contributed by atoms with E-state index in [1.54, 1.807) is 6.92 Å². The molecule has 0 radical (unpaired) electrons. The van der Waals surface area contributed by atoms with Crippen molar-refractivity contribution in [2.24, 2.45) is 11.7 Å². The zero-order chi connectivity index (χ0) is 15.2. The van der Waals surface area contributed by atoms with Crippen LogP contribution in [0.15, 0.2) is 0 Å². The van der Waals surface area contributed by atoms with Crippen molar-refractivity contribution in [3.05, 3.63) is 0 Å². The van der Waals surface area contributed by atoms with Crippen molar-refractivity contribution in [3.8, 4) is 0 Å². The van der Waals surface area contributed by atoms with Crippen molar-refractivity contribution in [1.29, 1.82) is 0 Å². The van der Waals surface area contributed by atoms with Crippen LogP contribution in [-0.4, -0.2) is 61.6 Å². The monoisotopic (exact) mass is 309 g/mol. The van der Waals surface area contributed by atoms with Crippen molar-refractivity contribution in [1.82, 2.24) is 9.21 Å². The molecule has 0 aromatic rings. The van der Waals surface area contributed by atoms with Crippen molar-refractivity contribution in [2.75, 3.05) is 33.7 Å². The predicted octanol–water partition coefficient (Wildman–Crippen LogP) is 0.901. The number of nitrogens with zero attached hydrogens (tertiary/aromatic N) is 2. The third-order valence-electron chi connectivity index (χ3n) is 2.77. The minimum Gasteiger partial charge on any atom is -0.392 e. The smallest absolute Gasteiger partial charge is 0.223 e. The fraction of sp³-hybridized carbons (Fsp3) is 0.917. The van der Waals surface area contributed by atoms with Crippen molar-refractivity contribution < 1.29 is 8.42 Å². The molecule has 0 heterocycles. The summed E-state index contributed by atoms with van der Waals surface area (Å²) >= 11 is 4.89. The highest BCUT2D eigenvalue weighted by atomic mass is 32.2. The Morgan fingerprint density at radius 2 is 1.79 bits per heavy atom. The van der Waals surface area contributed by atoms with E-state index in [-0.39, 0.29) is 10.9 Å². The summed E-state index contributed by atoms with van der Waals surface area (Å²) in [5.41, 5.74) is 5.57. The van der Waals surface area contributed by atoms with Gasteiger partial charge in [0.05, 0.1) is 4.99 Å². The van der Waals surface area contributed by atoms with Crippen LogP contribution in [0, 0.1) is 5.92 Å². The number of rotatable bonds is 9. The molecule has 0 fully saturated rings. The van der Waals surface area contributed by atoms with E-state index in [0.717, 1.165) is 0 Å². The summed E-state index contributed by atoms with van der Waals surface area (Å²) in [6.07, 6.45) is 0.411. The largest absolute Gasteiger partial charge is 0.392 e. The minimum atomic E-state index is -3.46. The number of sulfonamides is 1. The van der Waals surface area contributed by atoms with E-state index in [1.165, 1.54) is 4.31 Å². The lowest BCUT2D eigenvalue weighted by Crippen LogP contribution is -2.47. The second-order valence-electron chi connectivity index (χ2n) is 5.40. The molecule has 1 unspecified atom stereocenters. The molecule has 0 amide bonds. The molecule has 0 bridgehead atoms. The molecule has 0 aromatic heterocycles. The molecule has 0 saturated carbocycles. The van der Waals surface area contributed by atoms with Gasteiger partial charge >= 0.3 is 0 Å². The van der Waals surface area contributed by atoms with Gasteiger partial charge in [0, 0.05) is 19.6 Å². The molecule has 5 nitrogen and oxygen atoms in total. The number of hydrogen-bond donors (Lipinski definition) is 1. The first-order valence-electron chi connectivity index (χ1n) is 6.55. The first-order chi connectivity index (χ1) is 8.62. The molecule has 0 aliphatic carbocycles. The highest BCUT2D eigenvalue weighted by Gasteiger charge is 2.32.